The van der Waals surface area contributed by atoms with Crippen molar-refractivity contribution in [2.45, 2.75) is 50.0 Å². The van der Waals surface area contributed by atoms with Crippen molar-refractivity contribution in [3.63, 3.8) is 0 Å². The minimum absolute atomic E-state index is 0.0239. The van der Waals surface area contributed by atoms with Crippen LogP contribution in [0.2, 0.25) is 10.0 Å². The molecule has 0 saturated heterocycles. The molecule has 21 heteroatoms. The number of rotatable bonds is 19. The standard InChI is InChI=1S/C46H41Cl5N8O8/c1-23(49)31-18-28(52-45(64)41(24(2)60)58-56-29-8-11-34(50)32(19-29)43(62)54-37-16-26(21-47)6-14-39(37)66-4)10-13-36(31)53-46(65)42(25(3)61)59-57-30-9-12-35(51)33(20-30)44(63)55-38-17-27(22-48)7-15-40(38)67-5/h6-20,23,41-42H,21-22H2,1-5H3,(H,52,64)(H,53,65)(H,54,62)(H,55,63). The van der Waals surface area contributed by atoms with E-state index < -0.39 is 52.7 Å². The molecule has 3 unspecified atom stereocenters. The van der Waals surface area contributed by atoms with Gasteiger partial charge in [-0.2, -0.15) is 20.5 Å². The van der Waals surface area contributed by atoms with Crippen molar-refractivity contribution in [2.75, 3.05) is 35.5 Å². The average molecular weight is 1010 g/mol. The van der Waals surface area contributed by atoms with Crippen LogP contribution in [0.4, 0.5) is 34.1 Å². The van der Waals surface area contributed by atoms with E-state index in [0.717, 1.165) is 25.0 Å². The summed E-state index contributed by atoms with van der Waals surface area (Å²) in [6.45, 7) is 3.92. The largest absolute Gasteiger partial charge is 0.495 e. The highest BCUT2D eigenvalue weighted by Crippen LogP contribution is 2.33. The number of amides is 4. The molecule has 0 saturated carbocycles. The summed E-state index contributed by atoms with van der Waals surface area (Å²) < 4.78 is 10.7. The number of carbonyl (C=O) groups excluding carboxylic acids is 6. The third kappa shape index (κ3) is 13.6. The highest BCUT2D eigenvalue weighted by molar-refractivity contribution is 6.35. The third-order valence-electron chi connectivity index (χ3n) is 9.57. The molecular weight excluding hydrogens is 970 g/mol. The van der Waals surface area contributed by atoms with Crippen molar-refractivity contribution >= 4 is 127 Å². The maximum absolute atomic E-state index is 13.5. The van der Waals surface area contributed by atoms with E-state index >= 15 is 0 Å². The number of methoxy groups -OCH3 is 2. The molecule has 67 heavy (non-hydrogen) atoms. The SMILES string of the molecule is COc1ccc(CCl)cc1NC(=O)c1cc(N=NC(C(C)=O)C(=O)Nc2ccc(NC(=O)C(N=Nc3ccc(Cl)c(C(=O)Nc4cc(CCl)ccc4OC)c3)C(C)=O)c(C(C)Cl)c2)ccc1Cl. The van der Waals surface area contributed by atoms with Gasteiger partial charge in [0.2, 0.25) is 12.1 Å². The fraction of sp³-hybridized carbons (Fsp3) is 0.217. The smallest absolute Gasteiger partial charge is 0.258 e. The summed E-state index contributed by atoms with van der Waals surface area (Å²) in [7, 11) is 2.90. The maximum Gasteiger partial charge on any atom is 0.258 e. The van der Waals surface area contributed by atoms with Crippen molar-refractivity contribution in [1.29, 1.82) is 0 Å². The number of alkyl halides is 3. The highest BCUT2D eigenvalue weighted by Gasteiger charge is 2.27. The van der Waals surface area contributed by atoms with Gasteiger partial charge in [0.1, 0.15) is 11.5 Å². The topological polar surface area (TPSA) is 218 Å². The number of anilines is 4. The van der Waals surface area contributed by atoms with Crippen LogP contribution >= 0.6 is 58.0 Å². The first kappa shape index (κ1) is 51.6. The Morgan fingerprint density at radius 3 is 1.42 bits per heavy atom. The number of carbonyl (C=O) groups is 6. The highest BCUT2D eigenvalue weighted by atomic mass is 35.5. The number of hydrogen-bond donors (Lipinski definition) is 4. The average Bonchev–Trinajstić information content (AvgIpc) is 3.30. The zero-order valence-electron chi connectivity index (χ0n) is 36.3. The van der Waals surface area contributed by atoms with E-state index in [-0.39, 0.29) is 55.7 Å². The fourth-order valence-electron chi connectivity index (χ4n) is 6.13. The Bertz CT molecular complexity index is 2790. The Morgan fingerprint density at radius 1 is 0.567 bits per heavy atom. The normalized spacial score (nSPS) is 12.5. The van der Waals surface area contributed by atoms with Crippen molar-refractivity contribution in [2.24, 2.45) is 20.5 Å². The number of benzene rings is 5. The molecule has 0 bridgehead atoms. The van der Waals surface area contributed by atoms with E-state index in [2.05, 4.69) is 41.7 Å². The Hall–Kier alpha value is -6.43. The molecule has 16 nitrogen and oxygen atoms in total. The molecule has 0 aliphatic rings. The Balaban J connectivity index is 1.28. The van der Waals surface area contributed by atoms with Gasteiger partial charge in [-0.1, -0.05) is 35.3 Å². The molecule has 0 spiro atoms. The second-order valence-electron chi connectivity index (χ2n) is 14.4. The van der Waals surface area contributed by atoms with Crippen LogP contribution in [0.5, 0.6) is 11.5 Å². The third-order valence-corrected chi connectivity index (χ3v) is 11.1. The van der Waals surface area contributed by atoms with Gasteiger partial charge in [-0.15, -0.1) is 34.8 Å². The van der Waals surface area contributed by atoms with Gasteiger partial charge >= 0.3 is 0 Å². The molecule has 0 aromatic heterocycles. The number of hydrogen-bond acceptors (Lipinski definition) is 12. The lowest BCUT2D eigenvalue weighted by atomic mass is 10.1. The summed E-state index contributed by atoms with van der Waals surface area (Å²) >= 11 is 31.1. The Labute approximate surface area is 409 Å². The predicted octanol–water partition coefficient (Wildman–Crippen LogP) is 11.7. The van der Waals surface area contributed by atoms with Gasteiger partial charge < -0.3 is 30.7 Å². The summed E-state index contributed by atoms with van der Waals surface area (Å²) in [5.74, 6) is -3.02. The quantitative estimate of drug-likeness (QED) is 0.0353. The molecule has 5 aromatic carbocycles. The van der Waals surface area contributed by atoms with Crippen molar-refractivity contribution in [3.05, 3.63) is 129 Å². The molecule has 5 aromatic rings. The monoisotopic (exact) mass is 1010 g/mol. The number of Topliss-reactive ketones (excluding diaryl/α,β-unsaturated/α-hetero) is 2. The van der Waals surface area contributed by atoms with Crippen LogP contribution in [0.3, 0.4) is 0 Å². The van der Waals surface area contributed by atoms with Gasteiger partial charge in [0.15, 0.2) is 11.6 Å². The summed E-state index contributed by atoms with van der Waals surface area (Å²) in [4.78, 5) is 78.9. The first-order valence-electron chi connectivity index (χ1n) is 19.9. The van der Waals surface area contributed by atoms with Gasteiger partial charge in [-0.3, -0.25) is 28.8 Å². The van der Waals surface area contributed by atoms with Gasteiger partial charge in [0.05, 0.1) is 63.5 Å². The van der Waals surface area contributed by atoms with E-state index in [1.165, 1.54) is 68.8 Å². The summed E-state index contributed by atoms with van der Waals surface area (Å²) in [6.07, 6.45) is 0. The molecule has 0 radical (unpaired) electrons. The van der Waals surface area contributed by atoms with Gasteiger partial charge in [-0.05, 0) is 116 Å². The molecule has 5 rings (SSSR count). The molecule has 348 valence electrons. The number of azo groups is 2. The predicted molar refractivity (Wildman–Crippen MR) is 260 cm³/mol. The molecule has 4 N–H and O–H groups in total. The minimum Gasteiger partial charge on any atom is -0.495 e. The van der Waals surface area contributed by atoms with Crippen LogP contribution in [0.25, 0.3) is 0 Å². The molecular formula is C46H41Cl5N8O8. The maximum atomic E-state index is 13.5. The second kappa shape index (κ2) is 23.8. The van der Waals surface area contributed by atoms with Crippen LogP contribution in [-0.2, 0) is 30.9 Å². The molecule has 0 aliphatic carbocycles. The van der Waals surface area contributed by atoms with E-state index in [4.69, 9.17) is 67.5 Å². The summed E-state index contributed by atoms with van der Waals surface area (Å²) in [5.41, 5.74) is 3.15. The number of nitrogens with zero attached hydrogens (tertiary/aromatic N) is 4. The van der Waals surface area contributed by atoms with Crippen LogP contribution in [-0.4, -0.2) is 61.5 Å². The fourth-order valence-corrected chi connectivity index (χ4v) is 7.05. The Morgan fingerprint density at radius 2 is 1.01 bits per heavy atom. The number of ketones is 2. The molecule has 4 amide bonds. The van der Waals surface area contributed by atoms with Crippen LogP contribution in [0, 0.1) is 0 Å². The number of nitrogens with one attached hydrogen (secondary N) is 4. The first-order valence-corrected chi connectivity index (χ1v) is 22.1. The van der Waals surface area contributed by atoms with Crippen molar-refractivity contribution in [3.8, 4) is 11.5 Å². The molecule has 0 heterocycles. The number of ether oxygens (including phenoxy) is 2. The van der Waals surface area contributed by atoms with Gasteiger partial charge in [0.25, 0.3) is 23.6 Å². The second-order valence-corrected chi connectivity index (χ2v) is 16.4. The molecule has 3 atom stereocenters. The lowest BCUT2D eigenvalue weighted by molar-refractivity contribution is -0.127. The van der Waals surface area contributed by atoms with Crippen LogP contribution in [0.15, 0.2) is 111 Å². The van der Waals surface area contributed by atoms with Crippen LogP contribution < -0.4 is 30.7 Å². The summed E-state index contributed by atoms with van der Waals surface area (Å²) in [6, 6.07) is 19.6. The van der Waals surface area contributed by atoms with Gasteiger partial charge in [-0.25, -0.2) is 0 Å². The minimum atomic E-state index is -1.63. The van der Waals surface area contributed by atoms with Gasteiger partial charge in [0, 0.05) is 23.1 Å². The van der Waals surface area contributed by atoms with Crippen LogP contribution in [0.1, 0.15) is 63.6 Å². The van der Waals surface area contributed by atoms with Crippen molar-refractivity contribution < 1.29 is 38.2 Å². The molecule has 0 aliphatic heterocycles. The lowest BCUT2D eigenvalue weighted by Gasteiger charge is -2.17. The van der Waals surface area contributed by atoms with E-state index in [0.29, 0.717) is 28.4 Å². The zero-order valence-corrected chi connectivity index (χ0v) is 40.0. The Kier molecular flexibility index (Phi) is 18.3. The first-order chi connectivity index (χ1) is 32.0. The van der Waals surface area contributed by atoms with E-state index in [9.17, 15) is 28.8 Å². The lowest BCUT2D eigenvalue weighted by Crippen LogP contribution is -2.32. The number of halogens is 5. The van der Waals surface area contributed by atoms with E-state index in [1.807, 2.05) is 0 Å². The zero-order chi connectivity index (χ0) is 48.9. The van der Waals surface area contributed by atoms with E-state index in [1.54, 1.807) is 43.3 Å². The molecule has 0 fully saturated rings. The summed E-state index contributed by atoms with van der Waals surface area (Å²) in [5, 5.41) is 26.3. The van der Waals surface area contributed by atoms with Crippen molar-refractivity contribution in [1.82, 2.24) is 0 Å².